The van der Waals surface area contributed by atoms with E-state index in [-0.39, 0.29) is 13.2 Å². The Hall–Kier alpha value is -1.83. The molecule has 0 saturated carbocycles. The minimum atomic E-state index is -4.31. The second-order valence-electron chi connectivity index (χ2n) is 4.88. The fourth-order valence-electron chi connectivity index (χ4n) is 2.29. The molecule has 0 radical (unpaired) electrons. The lowest BCUT2D eigenvalue weighted by Gasteiger charge is -2.10. The second kappa shape index (κ2) is 5.51. The molecule has 0 unspecified atom stereocenters. The fourth-order valence-corrected chi connectivity index (χ4v) is 2.29. The highest BCUT2D eigenvalue weighted by Gasteiger charge is 2.27. The van der Waals surface area contributed by atoms with Crippen LogP contribution in [0, 0.1) is 20.8 Å². The number of rotatable bonds is 4. The Kier molecular flexibility index (Phi) is 4.08. The SMILES string of the molecule is Cc1nc(N)c2c(C)c(C)n(CCOCC(F)(F)F)c2n1. The van der Waals surface area contributed by atoms with Gasteiger partial charge in [0.15, 0.2) is 0 Å². The first-order chi connectivity index (χ1) is 9.70. The summed E-state index contributed by atoms with van der Waals surface area (Å²) in [6, 6.07) is 0. The van der Waals surface area contributed by atoms with Crippen molar-refractivity contribution in [3.8, 4) is 0 Å². The molecule has 0 saturated heterocycles. The van der Waals surface area contributed by atoms with E-state index in [1.54, 1.807) is 6.92 Å². The minimum Gasteiger partial charge on any atom is -0.383 e. The molecule has 0 aliphatic rings. The molecule has 0 atom stereocenters. The van der Waals surface area contributed by atoms with E-state index >= 15 is 0 Å². The summed E-state index contributed by atoms with van der Waals surface area (Å²) in [5.41, 5.74) is 8.36. The van der Waals surface area contributed by atoms with Gasteiger partial charge in [-0.15, -0.1) is 0 Å². The molecule has 2 rings (SSSR count). The molecule has 2 aromatic rings. The van der Waals surface area contributed by atoms with Gasteiger partial charge in [-0.05, 0) is 26.3 Å². The number of hydrogen-bond acceptors (Lipinski definition) is 4. The van der Waals surface area contributed by atoms with Gasteiger partial charge in [-0.3, -0.25) is 0 Å². The summed E-state index contributed by atoms with van der Waals surface area (Å²) in [5.74, 6) is 0.906. The predicted octanol–water partition coefficient (Wildman–Crippen LogP) is 2.52. The van der Waals surface area contributed by atoms with E-state index in [4.69, 9.17) is 5.73 Å². The molecule has 2 N–H and O–H groups in total. The van der Waals surface area contributed by atoms with Crippen molar-refractivity contribution in [3.05, 3.63) is 17.1 Å². The van der Waals surface area contributed by atoms with Gasteiger partial charge < -0.3 is 15.0 Å². The molecular formula is C13H17F3N4O. The fraction of sp³-hybridized carbons (Fsp3) is 0.538. The number of aryl methyl sites for hydroxylation is 2. The Morgan fingerprint density at radius 1 is 1.19 bits per heavy atom. The molecular weight excluding hydrogens is 285 g/mol. The molecule has 0 fully saturated rings. The van der Waals surface area contributed by atoms with Crippen LogP contribution in [0.1, 0.15) is 17.1 Å². The Morgan fingerprint density at radius 3 is 2.48 bits per heavy atom. The Morgan fingerprint density at radius 2 is 1.86 bits per heavy atom. The van der Waals surface area contributed by atoms with E-state index in [2.05, 4.69) is 14.7 Å². The van der Waals surface area contributed by atoms with Crippen LogP contribution in [0.4, 0.5) is 19.0 Å². The van der Waals surface area contributed by atoms with E-state index < -0.39 is 12.8 Å². The summed E-state index contributed by atoms with van der Waals surface area (Å²) >= 11 is 0. The van der Waals surface area contributed by atoms with Crippen molar-refractivity contribution in [2.24, 2.45) is 0 Å². The number of alkyl halides is 3. The maximum absolute atomic E-state index is 12.1. The number of fused-ring (bicyclic) bond motifs is 1. The van der Waals surface area contributed by atoms with E-state index in [1.807, 2.05) is 18.4 Å². The van der Waals surface area contributed by atoms with Crippen molar-refractivity contribution >= 4 is 16.9 Å². The number of halogens is 3. The number of hydrogen-bond donors (Lipinski definition) is 1. The highest BCUT2D eigenvalue weighted by atomic mass is 19.4. The van der Waals surface area contributed by atoms with Gasteiger partial charge in [0.2, 0.25) is 0 Å². The molecule has 116 valence electrons. The van der Waals surface area contributed by atoms with Gasteiger partial charge in [0.25, 0.3) is 0 Å². The molecule has 5 nitrogen and oxygen atoms in total. The highest BCUT2D eigenvalue weighted by Crippen LogP contribution is 2.27. The van der Waals surface area contributed by atoms with Crippen LogP contribution in [0.25, 0.3) is 11.0 Å². The van der Waals surface area contributed by atoms with E-state index in [9.17, 15) is 13.2 Å². The minimum absolute atomic E-state index is 0.0491. The van der Waals surface area contributed by atoms with Crippen LogP contribution in [0.15, 0.2) is 0 Å². The first kappa shape index (κ1) is 15.6. The van der Waals surface area contributed by atoms with Gasteiger partial charge in [-0.25, -0.2) is 9.97 Å². The van der Waals surface area contributed by atoms with Crippen LogP contribution < -0.4 is 5.73 Å². The van der Waals surface area contributed by atoms with Crippen LogP contribution in [0.5, 0.6) is 0 Å². The lowest BCUT2D eigenvalue weighted by Crippen LogP contribution is -2.19. The lowest BCUT2D eigenvalue weighted by molar-refractivity contribution is -0.174. The van der Waals surface area contributed by atoms with E-state index in [0.29, 0.717) is 17.3 Å². The van der Waals surface area contributed by atoms with Gasteiger partial charge in [-0.1, -0.05) is 0 Å². The third kappa shape index (κ3) is 3.26. The van der Waals surface area contributed by atoms with Crippen LogP contribution in [0.2, 0.25) is 0 Å². The zero-order valence-electron chi connectivity index (χ0n) is 12.1. The molecule has 0 spiro atoms. The standard InChI is InChI=1S/C13H17F3N4O/c1-7-8(2)20(4-5-21-6-13(14,15)16)12-10(7)11(17)18-9(3)19-12/h4-6H2,1-3H3,(H2,17,18,19). The topological polar surface area (TPSA) is 66.0 Å². The third-order valence-electron chi connectivity index (χ3n) is 3.33. The smallest absolute Gasteiger partial charge is 0.383 e. The van der Waals surface area contributed by atoms with Crippen LogP contribution in [-0.2, 0) is 11.3 Å². The second-order valence-corrected chi connectivity index (χ2v) is 4.88. The molecule has 21 heavy (non-hydrogen) atoms. The number of aromatic nitrogens is 3. The summed E-state index contributed by atoms with van der Waals surface area (Å²) in [7, 11) is 0. The zero-order chi connectivity index (χ0) is 15.8. The van der Waals surface area contributed by atoms with Crippen molar-refractivity contribution in [2.75, 3.05) is 18.9 Å². The van der Waals surface area contributed by atoms with Crippen molar-refractivity contribution in [3.63, 3.8) is 0 Å². The molecule has 0 amide bonds. The average Bonchev–Trinajstić information content (AvgIpc) is 2.57. The normalized spacial score (nSPS) is 12.3. The van der Waals surface area contributed by atoms with Crippen LogP contribution in [0.3, 0.4) is 0 Å². The Bertz CT molecular complexity index is 664. The summed E-state index contributed by atoms with van der Waals surface area (Å²) in [4.78, 5) is 8.46. The Labute approximate surface area is 119 Å². The van der Waals surface area contributed by atoms with Crippen LogP contribution >= 0.6 is 0 Å². The maximum atomic E-state index is 12.1. The van der Waals surface area contributed by atoms with Gasteiger partial charge >= 0.3 is 6.18 Å². The lowest BCUT2D eigenvalue weighted by atomic mass is 10.2. The van der Waals surface area contributed by atoms with Gasteiger partial charge in [0, 0.05) is 12.2 Å². The quantitative estimate of drug-likeness (QED) is 0.881. The molecule has 2 aromatic heterocycles. The first-order valence-corrected chi connectivity index (χ1v) is 6.44. The molecule has 0 aliphatic carbocycles. The average molecular weight is 302 g/mol. The molecule has 8 heteroatoms. The maximum Gasteiger partial charge on any atom is 0.411 e. The first-order valence-electron chi connectivity index (χ1n) is 6.44. The van der Waals surface area contributed by atoms with Gasteiger partial charge in [0.1, 0.15) is 23.9 Å². The van der Waals surface area contributed by atoms with Crippen molar-refractivity contribution in [1.82, 2.24) is 14.5 Å². The van der Waals surface area contributed by atoms with Crippen molar-refractivity contribution in [2.45, 2.75) is 33.5 Å². The number of nitrogen functional groups attached to an aromatic ring is 1. The van der Waals surface area contributed by atoms with Crippen molar-refractivity contribution < 1.29 is 17.9 Å². The number of nitrogens with two attached hydrogens (primary N) is 1. The monoisotopic (exact) mass is 302 g/mol. The van der Waals surface area contributed by atoms with Gasteiger partial charge in [0.05, 0.1) is 12.0 Å². The molecule has 0 bridgehead atoms. The van der Waals surface area contributed by atoms with Crippen molar-refractivity contribution in [1.29, 1.82) is 0 Å². The number of ether oxygens (including phenoxy) is 1. The third-order valence-corrected chi connectivity index (χ3v) is 3.33. The zero-order valence-corrected chi connectivity index (χ0v) is 12.1. The van der Waals surface area contributed by atoms with E-state index in [0.717, 1.165) is 16.6 Å². The molecule has 0 aromatic carbocycles. The molecule has 0 aliphatic heterocycles. The Balaban J connectivity index is 2.26. The summed E-state index contributed by atoms with van der Waals surface area (Å²) < 4.78 is 42.6. The predicted molar refractivity (Wildman–Crippen MR) is 73.0 cm³/mol. The highest BCUT2D eigenvalue weighted by molar-refractivity contribution is 5.91. The van der Waals surface area contributed by atoms with E-state index in [1.165, 1.54) is 0 Å². The number of nitrogens with zero attached hydrogens (tertiary/aromatic N) is 3. The van der Waals surface area contributed by atoms with Gasteiger partial charge in [-0.2, -0.15) is 13.2 Å². The summed E-state index contributed by atoms with van der Waals surface area (Å²) in [6.07, 6.45) is -4.31. The summed E-state index contributed by atoms with van der Waals surface area (Å²) in [6.45, 7) is 4.46. The molecule has 2 heterocycles. The van der Waals surface area contributed by atoms with Crippen LogP contribution in [-0.4, -0.2) is 33.9 Å². The summed E-state index contributed by atoms with van der Waals surface area (Å²) in [5, 5.41) is 0.744. The largest absolute Gasteiger partial charge is 0.411 e. The number of anilines is 1.